The normalized spacial score (nSPS) is 10.8. The molecule has 1 aromatic carbocycles. The Bertz CT molecular complexity index is 615. The highest BCUT2D eigenvalue weighted by Crippen LogP contribution is 2.21. The number of aromatic amines is 1. The summed E-state index contributed by atoms with van der Waals surface area (Å²) in [5.74, 6) is 0. The smallest absolute Gasteiger partial charge is 0.272 e. The van der Waals surface area contributed by atoms with Crippen LogP contribution in [0.5, 0.6) is 0 Å². The van der Waals surface area contributed by atoms with Crippen molar-refractivity contribution in [3.8, 4) is 0 Å². The summed E-state index contributed by atoms with van der Waals surface area (Å²) in [4.78, 5) is 10.6. The zero-order chi connectivity index (χ0) is 14.7. The molecule has 20 heavy (non-hydrogen) atoms. The van der Waals surface area contributed by atoms with Gasteiger partial charge in [-0.15, -0.1) is 0 Å². The number of aryl methyl sites for hydroxylation is 2. The second kappa shape index (κ2) is 5.83. The van der Waals surface area contributed by atoms with Crippen LogP contribution in [0.15, 0.2) is 18.2 Å². The lowest BCUT2D eigenvalue weighted by molar-refractivity contribution is -0.385. The van der Waals surface area contributed by atoms with Gasteiger partial charge in [-0.1, -0.05) is 12.1 Å². The van der Waals surface area contributed by atoms with Gasteiger partial charge in [0, 0.05) is 36.0 Å². The van der Waals surface area contributed by atoms with Gasteiger partial charge in [0.15, 0.2) is 0 Å². The lowest BCUT2D eigenvalue weighted by Crippen LogP contribution is -2.14. The molecule has 2 rings (SSSR count). The number of rotatable bonds is 5. The molecule has 0 bridgehead atoms. The van der Waals surface area contributed by atoms with E-state index in [9.17, 15) is 10.1 Å². The molecule has 0 aliphatic rings. The van der Waals surface area contributed by atoms with E-state index < -0.39 is 0 Å². The van der Waals surface area contributed by atoms with Crippen molar-refractivity contribution in [3.63, 3.8) is 0 Å². The molecule has 6 nitrogen and oxygen atoms in total. The number of H-pyrrole nitrogens is 1. The van der Waals surface area contributed by atoms with Gasteiger partial charge in [0.2, 0.25) is 0 Å². The fourth-order valence-electron chi connectivity index (χ4n) is 2.22. The van der Waals surface area contributed by atoms with Crippen LogP contribution in [0.25, 0.3) is 0 Å². The topological polar surface area (TPSA) is 83.8 Å². The van der Waals surface area contributed by atoms with Gasteiger partial charge >= 0.3 is 0 Å². The molecule has 0 radical (unpaired) electrons. The van der Waals surface area contributed by atoms with Crippen molar-refractivity contribution in [2.45, 2.75) is 33.9 Å². The Balaban J connectivity index is 2.05. The predicted octanol–water partition coefficient (Wildman–Crippen LogP) is 2.53. The minimum absolute atomic E-state index is 0.167. The largest absolute Gasteiger partial charge is 0.308 e. The predicted molar refractivity (Wildman–Crippen MR) is 76.4 cm³/mol. The molecule has 0 aliphatic heterocycles. The molecule has 0 amide bonds. The molecule has 106 valence electrons. The Morgan fingerprint density at radius 2 is 2.05 bits per heavy atom. The number of nitrogens with zero attached hydrogens (tertiary/aromatic N) is 2. The first-order valence-corrected chi connectivity index (χ1v) is 6.44. The molecule has 0 fully saturated rings. The second-order valence-corrected chi connectivity index (χ2v) is 4.83. The molecule has 0 unspecified atom stereocenters. The molecule has 0 spiro atoms. The highest BCUT2D eigenvalue weighted by atomic mass is 16.6. The molecule has 2 N–H and O–H groups in total. The Hall–Kier alpha value is -2.21. The Kier molecular flexibility index (Phi) is 4.14. The summed E-state index contributed by atoms with van der Waals surface area (Å²) in [5.41, 5.74) is 4.99. The first kappa shape index (κ1) is 14.2. The minimum Gasteiger partial charge on any atom is -0.308 e. The van der Waals surface area contributed by atoms with E-state index in [-0.39, 0.29) is 10.6 Å². The maximum Gasteiger partial charge on any atom is 0.272 e. The molecule has 2 aromatic rings. The van der Waals surface area contributed by atoms with Crippen molar-refractivity contribution in [1.29, 1.82) is 0 Å². The van der Waals surface area contributed by atoms with Crippen LogP contribution in [0.2, 0.25) is 0 Å². The summed E-state index contributed by atoms with van der Waals surface area (Å²) in [7, 11) is 0. The monoisotopic (exact) mass is 274 g/mol. The van der Waals surface area contributed by atoms with Crippen molar-refractivity contribution < 1.29 is 4.92 Å². The van der Waals surface area contributed by atoms with Crippen molar-refractivity contribution in [2.24, 2.45) is 0 Å². The van der Waals surface area contributed by atoms with Crippen LogP contribution in [-0.4, -0.2) is 15.1 Å². The van der Waals surface area contributed by atoms with Gasteiger partial charge < -0.3 is 5.32 Å². The number of nitro groups is 1. The molecular weight excluding hydrogens is 256 g/mol. The van der Waals surface area contributed by atoms with Crippen LogP contribution < -0.4 is 5.32 Å². The number of hydrogen-bond donors (Lipinski definition) is 2. The minimum atomic E-state index is -0.344. The maximum atomic E-state index is 10.9. The highest BCUT2D eigenvalue weighted by Gasteiger charge is 2.13. The van der Waals surface area contributed by atoms with Crippen molar-refractivity contribution in [1.82, 2.24) is 15.5 Å². The van der Waals surface area contributed by atoms with Crippen LogP contribution in [0.4, 0.5) is 5.69 Å². The first-order valence-electron chi connectivity index (χ1n) is 6.44. The van der Waals surface area contributed by atoms with Gasteiger partial charge in [-0.2, -0.15) is 5.10 Å². The second-order valence-electron chi connectivity index (χ2n) is 4.83. The standard InChI is InChI=1S/C14H18N4O2/c1-9-12(5-4-6-14(9)18(19)20)7-15-8-13-10(2)16-17-11(13)3/h4-6,15H,7-8H2,1-3H3,(H,16,17). The van der Waals surface area contributed by atoms with Crippen LogP contribution in [-0.2, 0) is 13.1 Å². The number of nitro benzene ring substituents is 1. The van der Waals surface area contributed by atoms with E-state index in [1.165, 1.54) is 6.07 Å². The average molecular weight is 274 g/mol. The third kappa shape index (κ3) is 2.85. The van der Waals surface area contributed by atoms with Crippen molar-refractivity contribution in [3.05, 3.63) is 56.4 Å². The van der Waals surface area contributed by atoms with E-state index in [0.29, 0.717) is 18.7 Å². The van der Waals surface area contributed by atoms with Crippen LogP contribution in [0.1, 0.15) is 28.1 Å². The molecule has 1 aromatic heterocycles. The molecule has 1 heterocycles. The summed E-state index contributed by atoms with van der Waals surface area (Å²) in [6.07, 6.45) is 0. The fraction of sp³-hybridized carbons (Fsp3) is 0.357. The van der Waals surface area contributed by atoms with Gasteiger partial charge in [0.1, 0.15) is 0 Å². The summed E-state index contributed by atoms with van der Waals surface area (Å²) in [6, 6.07) is 5.16. The first-order chi connectivity index (χ1) is 9.50. The van der Waals surface area contributed by atoms with E-state index in [1.807, 2.05) is 19.9 Å². The van der Waals surface area contributed by atoms with Gasteiger partial charge in [-0.25, -0.2) is 0 Å². The third-order valence-corrected chi connectivity index (χ3v) is 3.51. The third-order valence-electron chi connectivity index (χ3n) is 3.51. The van der Waals surface area contributed by atoms with Crippen LogP contribution in [0, 0.1) is 30.9 Å². The van der Waals surface area contributed by atoms with E-state index in [2.05, 4.69) is 15.5 Å². The quantitative estimate of drug-likeness (QED) is 0.648. The molecular formula is C14H18N4O2. The Morgan fingerprint density at radius 1 is 1.30 bits per heavy atom. The summed E-state index contributed by atoms with van der Waals surface area (Å²) >= 11 is 0. The van der Waals surface area contributed by atoms with E-state index in [1.54, 1.807) is 13.0 Å². The summed E-state index contributed by atoms with van der Waals surface area (Å²) < 4.78 is 0. The number of hydrogen-bond acceptors (Lipinski definition) is 4. The summed E-state index contributed by atoms with van der Waals surface area (Å²) in [6.45, 7) is 7.01. The zero-order valence-electron chi connectivity index (χ0n) is 11.9. The van der Waals surface area contributed by atoms with Gasteiger partial charge in [-0.3, -0.25) is 15.2 Å². The van der Waals surface area contributed by atoms with E-state index in [4.69, 9.17) is 0 Å². The van der Waals surface area contributed by atoms with Gasteiger partial charge in [-0.05, 0) is 26.3 Å². The summed E-state index contributed by atoms with van der Waals surface area (Å²) in [5, 5.41) is 21.3. The number of nitrogens with one attached hydrogen (secondary N) is 2. The highest BCUT2D eigenvalue weighted by molar-refractivity contribution is 5.44. The number of aromatic nitrogens is 2. The van der Waals surface area contributed by atoms with Gasteiger partial charge in [0.05, 0.1) is 10.6 Å². The molecule has 6 heteroatoms. The van der Waals surface area contributed by atoms with Gasteiger partial charge in [0.25, 0.3) is 5.69 Å². The SMILES string of the molecule is Cc1n[nH]c(C)c1CNCc1cccc([N+](=O)[O-])c1C. The van der Waals surface area contributed by atoms with E-state index in [0.717, 1.165) is 22.5 Å². The average Bonchev–Trinajstić information content (AvgIpc) is 2.72. The van der Waals surface area contributed by atoms with Crippen LogP contribution in [0.3, 0.4) is 0 Å². The van der Waals surface area contributed by atoms with Crippen molar-refractivity contribution >= 4 is 5.69 Å². The molecule has 0 atom stereocenters. The lowest BCUT2D eigenvalue weighted by Gasteiger charge is -2.08. The lowest BCUT2D eigenvalue weighted by atomic mass is 10.1. The molecule has 0 aliphatic carbocycles. The van der Waals surface area contributed by atoms with Crippen molar-refractivity contribution in [2.75, 3.05) is 0 Å². The Morgan fingerprint density at radius 3 is 2.65 bits per heavy atom. The Labute approximate surface area is 117 Å². The van der Waals surface area contributed by atoms with E-state index >= 15 is 0 Å². The number of benzene rings is 1. The van der Waals surface area contributed by atoms with Crippen LogP contribution >= 0.6 is 0 Å². The molecule has 0 saturated heterocycles. The zero-order valence-corrected chi connectivity index (χ0v) is 11.9. The molecule has 0 saturated carbocycles. The maximum absolute atomic E-state index is 10.9. The fourth-order valence-corrected chi connectivity index (χ4v) is 2.22.